The van der Waals surface area contributed by atoms with Crippen molar-refractivity contribution < 1.29 is 9.53 Å². The van der Waals surface area contributed by atoms with Crippen molar-refractivity contribution >= 4 is 17.5 Å². The van der Waals surface area contributed by atoms with Crippen molar-refractivity contribution in [3.8, 4) is 0 Å². The summed E-state index contributed by atoms with van der Waals surface area (Å²) in [4.78, 5) is 16.0. The SMILES string of the molecule is CSc1ccc(C2(CC(C)=O)C=CC=CC2(C)N2CCOCC2)cc1. The molecule has 1 aliphatic carbocycles. The molecule has 0 bridgehead atoms. The van der Waals surface area contributed by atoms with Gasteiger partial charge < -0.3 is 4.74 Å². The van der Waals surface area contributed by atoms with Gasteiger partial charge in [0.05, 0.1) is 18.8 Å². The maximum atomic E-state index is 12.3. The molecule has 1 aliphatic heterocycles. The molecule has 3 nitrogen and oxygen atoms in total. The maximum Gasteiger partial charge on any atom is 0.131 e. The van der Waals surface area contributed by atoms with E-state index < -0.39 is 0 Å². The van der Waals surface area contributed by atoms with E-state index in [9.17, 15) is 4.79 Å². The number of carbonyl (C=O) groups is 1. The highest BCUT2D eigenvalue weighted by Gasteiger charge is 2.51. The van der Waals surface area contributed by atoms with Crippen LogP contribution in [-0.2, 0) is 14.9 Å². The third-order valence-corrected chi connectivity index (χ3v) is 6.36. The summed E-state index contributed by atoms with van der Waals surface area (Å²) in [5.74, 6) is 0.216. The smallest absolute Gasteiger partial charge is 0.131 e. The largest absolute Gasteiger partial charge is 0.379 e. The van der Waals surface area contributed by atoms with E-state index in [2.05, 4.69) is 66.6 Å². The molecule has 0 amide bonds. The van der Waals surface area contributed by atoms with Crippen molar-refractivity contribution in [2.24, 2.45) is 0 Å². The Balaban J connectivity index is 2.11. The molecule has 0 radical (unpaired) electrons. The molecule has 25 heavy (non-hydrogen) atoms. The number of benzene rings is 1. The van der Waals surface area contributed by atoms with Gasteiger partial charge in [0.1, 0.15) is 5.78 Å². The number of ketones is 1. The van der Waals surface area contributed by atoms with E-state index >= 15 is 0 Å². The first kappa shape index (κ1) is 18.4. The molecule has 0 saturated carbocycles. The van der Waals surface area contributed by atoms with E-state index in [-0.39, 0.29) is 16.7 Å². The van der Waals surface area contributed by atoms with Crippen LogP contribution in [0.15, 0.2) is 53.5 Å². The van der Waals surface area contributed by atoms with Gasteiger partial charge in [0.2, 0.25) is 0 Å². The second kappa shape index (κ2) is 7.48. The van der Waals surface area contributed by atoms with Gasteiger partial charge >= 0.3 is 0 Å². The molecule has 2 aliphatic rings. The summed E-state index contributed by atoms with van der Waals surface area (Å²) in [7, 11) is 0. The highest BCUT2D eigenvalue weighted by molar-refractivity contribution is 7.98. The van der Waals surface area contributed by atoms with Gasteiger partial charge in [-0.25, -0.2) is 0 Å². The zero-order chi connectivity index (χ0) is 17.9. The lowest BCUT2D eigenvalue weighted by atomic mass is 9.60. The van der Waals surface area contributed by atoms with Crippen LogP contribution in [-0.4, -0.2) is 48.8 Å². The van der Waals surface area contributed by atoms with Crippen LogP contribution in [0.1, 0.15) is 25.8 Å². The topological polar surface area (TPSA) is 29.5 Å². The average Bonchev–Trinajstić information content (AvgIpc) is 2.64. The minimum atomic E-state index is -0.359. The van der Waals surface area contributed by atoms with Gasteiger partial charge in [-0.1, -0.05) is 36.4 Å². The Bertz CT molecular complexity index is 676. The number of hydrogen-bond donors (Lipinski definition) is 0. The lowest BCUT2D eigenvalue weighted by Gasteiger charge is -2.54. The number of carbonyl (C=O) groups excluding carboxylic acids is 1. The van der Waals surface area contributed by atoms with Crippen molar-refractivity contribution in [2.45, 2.75) is 36.1 Å². The molecular weight excluding hydrogens is 330 g/mol. The molecule has 2 unspecified atom stereocenters. The Hall–Kier alpha value is -1.36. The molecule has 0 N–H and O–H groups in total. The van der Waals surface area contributed by atoms with E-state index in [1.54, 1.807) is 18.7 Å². The first-order valence-corrected chi connectivity index (χ1v) is 10.1. The van der Waals surface area contributed by atoms with E-state index in [0.717, 1.165) is 26.3 Å². The molecule has 2 atom stereocenters. The predicted octanol–water partition coefficient (Wildman–Crippen LogP) is 3.84. The second-order valence-electron chi connectivity index (χ2n) is 7.04. The third-order valence-electron chi connectivity index (χ3n) is 5.62. The van der Waals surface area contributed by atoms with Gasteiger partial charge in [0.15, 0.2) is 0 Å². The van der Waals surface area contributed by atoms with Gasteiger partial charge in [-0.2, -0.15) is 0 Å². The van der Waals surface area contributed by atoms with Crippen LogP contribution >= 0.6 is 11.8 Å². The van der Waals surface area contributed by atoms with Crippen LogP contribution in [0.3, 0.4) is 0 Å². The molecule has 1 aromatic carbocycles. The van der Waals surface area contributed by atoms with Gasteiger partial charge in [-0.15, -0.1) is 11.8 Å². The Morgan fingerprint density at radius 2 is 1.80 bits per heavy atom. The third kappa shape index (κ3) is 3.35. The number of Topliss-reactive ketones (excluding diaryl/α,β-unsaturated/α-hetero) is 1. The number of morpholine rings is 1. The lowest BCUT2D eigenvalue weighted by molar-refractivity contribution is -0.119. The van der Waals surface area contributed by atoms with Gasteiger partial charge in [0.25, 0.3) is 0 Å². The van der Waals surface area contributed by atoms with Crippen LogP contribution in [0.5, 0.6) is 0 Å². The average molecular weight is 358 g/mol. The van der Waals surface area contributed by atoms with Gasteiger partial charge in [-0.3, -0.25) is 9.69 Å². The summed E-state index contributed by atoms with van der Waals surface area (Å²) in [6, 6.07) is 8.70. The maximum absolute atomic E-state index is 12.3. The van der Waals surface area contributed by atoms with Crippen LogP contribution < -0.4 is 0 Å². The van der Waals surface area contributed by atoms with Crippen LogP contribution in [0.4, 0.5) is 0 Å². The van der Waals surface area contributed by atoms with E-state index in [1.807, 2.05) is 0 Å². The number of thioether (sulfide) groups is 1. The summed E-state index contributed by atoms with van der Waals surface area (Å²) in [6.45, 7) is 7.23. The summed E-state index contributed by atoms with van der Waals surface area (Å²) < 4.78 is 5.57. The molecule has 1 saturated heterocycles. The molecule has 1 heterocycles. The molecule has 1 aromatic rings. The highest BCUT2D eigenvalue weighted by atomic mass is 32.2. The minimum absolute atomic E-state index is 0.216. The van der Waals surface area contributed by atoms with Crippen molar-refractivity contribution in [3.63, 3.8) is 0 Å². The molecule has 1 fully saturated rings. The van der Waals surface area contributed by atoms with Crippen LogP contribution in [0.25, 0.3) is 0 Å². The number of rotatable bonds is 5. The summed E-state index contributed by atoms with van der Waals surface area (Å²) in [6.07, 6.45) is 11.3. The minimum Gasteiger partial charge on any atom is -0.379 e. The number of nitrogens with zero attached hydrogens (tertiary/aromatic N) is 1. The summed E-state index contributed by atoms with van der Waals surface area (Å²) in [5.41, 5.74) is 0.593. The van der Waals surface area contributed by atoms with Crippen LogP contribution in [0.2, 0.25) is 0 Å². The second-order valence-corrected chi connectivity index (χ2v) is 7.92. The molecule has 3 rings (SSSR count). The van der Waals surface area contributed by atoms with Gasteiger partial charge in [0, 0.05) is 29.8 Å². The van der Waals surface area contributed by atoms with Crippen LogP contribution in [0, 0.1) is 0 Å². The number of allylic oxidation sites excluding steroid dienone is 2. The van der Waals surface area contributed by atoms with Crippen molar-refractivity contribution in [3.05, 3.63) is 54.1 Å². The lowest BCUT2D eigenvalue weighted by Crippen LogP contribution is -2.62. The predicted molar refractivity (Wildman–Crippen MR) is 104 cm³/mol. The Morgan fingerprint density at radius 3 is 2.40 bits per heavy atom. The molecular formula is C21H27NO2S. The summed E-state index contributed by atoms with van der Waals surface area (Å²) in [5, 5.41) is 0. The first-order chi connectivity index (χ1) is 12.0. The fraction of sp³-hybridized carbons (Fsp3) is 0.476. The normalized spacial score (nSPS) is 29.7. The number of hydrogen-bond acceptors (Lipinski definition) is 4. The Labute approximate surface area is 155 Å². The molecule has 0 spiro atoms. The Morgan fingerprint density at radius 1 is 1.16 bits per heavy atom. The van der Waals surface area contributed by atoms with Crippen molar-refractivity contribution in [2.75, 3.05) is 32.6 Å². The molecule has 134 valence electrons. The monoisotopic (exact) mass is 357 g/mol. The first-order valence-electron chi connectivity index (χ1n) is 8.86. The summed E-state index contributed by atoms with van der Waals surface area (Å²) >= 11 is 1.74. The number of ether oxygens (including phenoxy) is 1. The van der Waals surface area contributed by atoms with E-state index in [1.165, 1.54) is 10.5 Å². The van der Waals surface area contributed by atoms with Gasteiger partial charge in [-0.05, 0) is 37.8 Å². The standard InChI is InChI=1S/C21H27NO2S/c1-17(23)16-21(18-6-8-19(25-3)9-7-18)11-5-4-10-20(21,2)22-12-14-24-15-13-22/h4-11H,12-16H2,1-3H3. The fourth-order valence-corrected chi connectivity index (χ4v) is 4.61. The zero-order valence-electron chi connectivity index (χ0n) is 15.3. The molecule has 4 heteroatoms. The van der Waals surface area contributed by atoms with E-state index in [0.29, 0.717) is 6.42 Å². The zero-order valence-corrected chi connectivity index (χ0v) is 16.1. The molecule has 0 aromatic heterocycles. The Kier molecular flexibility index (Phi) is 5.52. The van der Waals surface area contributed by atoms with Crippen molar-refractivity contribution in [1.82, 2.24) is 4.90 Å². The van der Waals surface area contributed by atoms with E-state index in [4.69, 9.17) is 4.74 Å². The highest BCUT2D eigenvalue weighted by Crippen LogP contribution is 2.47. The quantitative estimate of drug-likeness (QED) is 0.749. The fourth-order valence-electron chi connectivity index (χ4n) is 4.21. The van der Waals surface area contributed by atoms with Crippen molar-refractivity contribution in [1.29, 1.82) is 0 Å².